The molecule has 7 heteroatoms. The second-order valence-electron chi connectivity index (χ2n) is 6.15. The first-order valence-corrected chi connectivity index (χ1v) is 9.42. The van der Waals surface area contributed by atoms with Crippen LogP contribution >= 0.6 is 11.3 Å². The van der Waals surface area contributed by atoms with E-state index in [-0.39, 0.29) is 18.8 Å². The summed E-state index contributed by atoms with van der Waals surface area (Å²) < 4.78 is 10.5. The van der Waals surface area contributed by atoms with Crippen LogP contribution in [0.4, 0.5) is 5.00 Å². The van der Waals surface area contributed by atoms with Gasteiger partial charge in [-0.1, -0.05) is 26.0 Å². The van der Waals surface area contributed by atoms with Crippen LogP contribution < -0.4 is 10.1 Å². The third-order valence-electron chi connectivity index (χ3n) is 3.89. The second kappa shape index (κ2) is 9.19. The minimum atomic E-state index is -0.501. The normalized spacial score (nSPS) is 10.4. The Balaban J connectivity index is 2.04. The molecule has 2 aromatic rings. The van der Waals surface area contributed by atoms with Crippen LogP contribution in [0.25, 0.3) is 0 Å². The molecule has 0 spiro atoms. The topological polar surface area (TPSA) is 88.4 Å². The van der Waals surface area contributed by atoms with Crippen molar-refractivity contribution in [3.8, 4) is 11.8 Å². The summed E-state index contributed by atoms with van der Waals surface area (Å²) in [6.45, 7) is 7.61. The largest absolute Gasteiger partial charge is 0.484 e. The molecule has 0 unspecified atom stereocenters. The summed E-state index contributed by atoms with van der Waals surface area (Å²) in [5, 5.41) is 12.3. The van der Waals surface area contributed by atoms with Crippen LogP contribution in [-0.4, -0.2) is 25.1 Å². The molecule has 0 fully saturated rings. The Morgan fingerprint density at radius 3 is 2.48 bits per heavy atom. The highest BCUT2D eigenvalue weighted by Gasteiger charge is 2.22. The van der Waals surface area contributed by atoms with E-state index in [9.17, 15) is 14.9 Å². The summed E-state index contributed by atoms with van der Waals surface area (Å²) in [5.74, 6) is 0.0987. The molecule has 0 bridgehead atoms. The lowest BCUT2D eigenvalue weighted by atomic mass is 10.0. The maximum absolute atomic E-state index is 12.2. The van der Waals surface area contributed by atoms with Crippen LogP contribution in [0.5, 0.6) is 5.75 Å². The maximum Gasteiger partial charge on any atom is 0.348 e. The van der Waals surface area contributed by atoms with Gasteiger partial charge in [-0.25, -0.2) is 4.79 Å². The van der Waals surface area contributed by atoms with E-state index < -0.39 is 11.9 Å². The fraction of sp³-hybridized carbons (Fsp3) is 0.350. The highest BCUT2D eigenvalue weighted by Crippen LogP contribution is 2.33. The smallest absolute Gasteiger partial charge is 0.348 e. The van der Waals surface area contributed by atoms with Crippen molar-refractivity contribution in [2.45, 2.75) is 33.6 Å². The highest BCUT2D eigenvalue weighted by molar-refractivity contribution is 7.18. The number of carbonyl (C=O) groups is 2. The van der Waals surface area contributed by atoms with E-state index in [0.717, 1.165) is 11.3 Å². The molecular formula is C20H22N2O4S. The molecule has 0 aliphatic heterocycles. The van der Waals surface area contributed by atoms with Gasteiger partial charge in [-0.3, -0.25) is 4.79 Å². The number of rotatable bonds is 7. The Bertz CT molecular complexity index is 863. The molecule has 1 heterocycles. The number of amides is 1. The van der Waals surface area contributed by atoms with Gasteiger partial charge in [0.15, 0.2) is 6.61 Å². The van der Waals surface area contributed by atoms with Gasteiger partial charge in [-0.2, -0.15) is 5.26 Å². The van der Waals surface area contributed by atoms with E-state index in [4.69, 9.17) is 9.47 Å². The maximum atomic E-state index is 12.2. The lowest BCUT2D eigenvalue weighted by Gasteiger charge is -2.09. The molecule has 1 N–H and O–H groups in total. The molecule has 142 valence electrons. The van der Waals surface area contributed by atoms with E-state index in [2.05, 4.69) is 19.2 Å². The molecule has 0 saturated heterocycles. The Morgan fingerprint density at radius 1 is 1.26 bits per heavy atom. The zero-order valence-corrected chi connectivity index (χ0v) is 16.6. The van der Waals surface area contributed by atoms with Gasteiger partial charge in [0.2, 0.25) is 0 Å². The summed E-state index contributed by atoms with van der Waals surface area (Å²) in [7, 11) is 0. The quantitative estimate of drug-likeness (QED) is 0.719. The molecule has 27 heavy (non-hydrogen) atoms. The van der Waals surface area contributed by atoms with E-state index >= 15 is 0 Å². The Morgan fingerprint density at radius 2 is 1.93 bits per heavy atom. The van der Waals surface area contributed by atoms with Crippen LogP contribution in [0.3, 0.4) is 0 Å². The average Bonchev–Trinajstić information content (AvgIpc) is 2.95. The van der Waals surface area contributed by atoms with Gasteiger partial charge < -0.3 is 14.8 Å². The molecule has 6 nitrogen and oxygen atoms in total. The van der Waals surface area contributed by atoms with Crippen LogP contribution in [0.2, 0.25) is 0 Å². The summed E-state index contributed by atoms with van der Waals surface area (Å²) >= 11 is 1.03. The number of carbonyl (C=O) groups excluding carboxylic acids is 2. The molecule has 2 rings (SSSR count). The van der Waals surface area contributed by atoms with Crippen molar-refractivity contribution >= 4 is 28.2 Å². The van der Waals surface area contributed by atoms with Gasteiger partial charge in [0, 0.05) is 0 Å². The summed E-state index contributed by atoms with van der Waals surface area (Å²) in [5.41, 5.74) is 1.95. The zero-order valence-electron chi connectivity index (χ0n) is 15.8. The van der Waals surface area contributed by atoms with Crippen LogP contribution in [0, 0.1) is 18.3 Å². The molecule has 1 aromatic carbocycles. The van der Waals surface area contributed by atoms with E-state index in [1.54, 1.807) is 13.8 Å². The lowest BCUT2D eigenvalue weighted by Crippen LogP contribution is -2.20. The Hall–Kier alpha value is -2.85. The number of nitrogens with zero attached hydrogens (tertiary/aromatic N) is 1. The minimum absolute atomic E-state index is 0.197. The molecule has 0 radical (unpaired) electrons. The predicted molar refractivity (Wildman–Crippen MR) is 104 cm³/mol. The number of ether oxygens (including phenoxy) is 2. The molecule has 0 aliphatic rings. The standard InChI is InChI=1S/C20H22N2O4S/c1-5-25-20(24)18-13(4)16(10-21)19(27-18)22-17(23)11-26-15-8-6-14(7-9-15)12(2)3/h6-9,12H,5,11H2,1-4H3,(H,22,23). The third kappa shape index (κ3) is 5.08. The Kier molecular flexibility index (Phi) is 6.97. The van der Waals surface area contributed by atoms with Crippen molar-refractivity contribution < 1.29 is 19.1 Å². The number of hydrogen-bond donors (Lipinski definition) is 1. The number of anilines is 1. The number of nitrogens with one attached hydrogen (secondary N) is 1. The van der Waals surface area contributed by atoms with Gasteiger partial charge in [0.25, 0.3) is 5.91 Å². The van der Waals surface area contributed by atoms with E-state index in [0.29, 0.717) is 27.1 Å². The Labute approximate surface area is 162 Å². The van der Waals surface area contributed by atoms with Crippen LogP contribution in [0.15, 0.2) is 24.3 Å². The zero-order chi connectivity index (χ0) is 20.0. The summed E-state index contributed by atoms with van der Waals surface area (Å²) in [6.07, 6.45) is 0. The monoisotopic (exact) mass is 386 g/mol. The molecule has 0 aliphatic carbocycles. The van der Waals surface area contributed by atoms with Crippen molar-refractivity contribution in [2.75, 3.05) is 18.5 Å². The summed E-state index contributed by atoms with van der Waals surface area (Å²) in [6, 6.07) is 9.57. The molecule has 0 atom stereocenters. The van der Waals surface area contributed by atoms with Crippen LogP contribution in [0.1, 0.15) is 53.1 Å². The van der Waals surface area contributed by atoms with E-state index in [1.807, 2.05) is 30.3 Å². The molecule has 1 amide bonds. The number of thiophene rings is 1. The fourth-order valence-electron chi connectivity index (χ4n) is 2.39. The van der Waals surface area contributed by atoms with Crippen molar-refractivity contribution in [3.05, 3.63) is 45.8 Å². The van der Waals surface area contributed by atoms with Crippen molar-refractivity contribution in [1.82, 2.24) is 0 Å². The SMILES string of the molecule is CCOC(=O)c1sc(NC(=O)COc2ccc(C(C)C)cc2)c(C#N)c1C. The van der Waals surface area contributed by atoms with Gasteiger partial charge in [-0.05, 0) is 43.0 Å². The number of esters is 1. The number of hydrogen-bond acceptors (Lipinski definition) is 6. The number of nitriles is 1. The van der Waals surface area contributed by atoms with Gasteiger partial charge >= 0.3 is 5.97 Å². The first-order chi connectivity index (χ1) is 12.9. The van der Waals surface area contributed by atoms with E-state index in [1.165, 1.54) is 5.56 Å². The van der Waals surface area contributed by atoms with Crippen molar-refractivity contribution in [2.24, 2.45) is 0 Å². The van der Waals surface area contributed by atoms with Crippen LogP contribution in [-0.2, 0) is 9.53 Å². The van der Waals surface area contributed by atoms with Gasteiger partial charge in [0.05, 0.1) is 12.2 Å². The molecule has 1 aromatic heterocycles. The second-order valence-corrected chi connectivity index (χ2v) is 7.17. The van der Waals surface area contributed by atoms with Gasteiger partial charge in [-0.15, -0.1) is 11.3 Å². The third-order valence-corrected chi connectivity index (χ3v) is 5.08. The first-order valence-electron chi connectivity index (χ1n) is 8.60. The molecular weight excluding hydrogens is 364 g/mol. The average molecular weight is 386 g/mol. The molecule has 0 saturated carbocycles. The lowest BCUT2D eigenvalue weighted by molar-refractivity contribution is -0.118. The fourth-order valence-corrected chi connectivity index (χ4v) is 3.46. The first kappa shape index (κ1) is 20.5. The number of benzene rings is 1. The predicted octanol–water partition coefficient (Wildman–Crippen LogP) is 4.25. The van der Waals surface area contributed by atoms with Crippen molar-refractivity contribution in [3.63, 3.8) is 0 Å². The van der Waals surface area contributed by atoms with Crippen molar-refractivity contribution in [1.29, 1.82) is 5.26 Å². The van der Waals surface area contributed by atoms with Gasteiger partial charge in [0.1, 0.15) is 21.7 Å². The summed E-state index contributed by atoms with van der Waals surface area (Å²) in [4.78, 5) is 24.5. The minimum Gasteiger partial charge on any atom is -0.484 e. The highest BCUT2D eigenvalue weighted by atomic mass is 32.1.